The van der Waals surface area contributed by atoms with Gasteiger partial charge in [-0.25, -0.2) is 4.79 Å². The van der Waals surface area contributed by atoms with Gasteiger partial charge in [-0.1, -0.05) is 0 Å². The van der Waals surface area contributed by atoms with Gasteiger partial charge in [-0.05, 0) is 6.92 Å². The number of carbonyl (C=O) groups excluding carboxylic acids is 2. The average Bonchev–Trinajstić information content (AvgIpc) is 2.88. The molecule has 1 aliphatic rings. The minimum atomic E-state index is -0.979. The first kappa shape index (κ1) is 16.2. The van der Waals surface area contributed by atoms with E-state index in [2.05, 4.69) is 5.32 Å². The molecule has 1 aliphatic heterocycles. The van der Waals surface area contributed by atoms with Gasteiger partial charge in [-0.2, -0.15) is 0 Å². The number of urea groups is 1. The summed E-state index contributed by atoms with van der Waals surface area (Å²) >= 11 is 0. The molecular formula is C12H21N3O5. The van der Waals surface area contributed by atoms with Crippen LogP contribution in [0.4, 0.5) is 4.79 Å². The number of hydrogen-bond acceptors (Lipinski definition) is 4. The minimum absolute atomic E-state index is 0.0723. The summed E-state index contributed by atoms with van der Waals surface area (Å²) in [6.45, 7) is 2.35. The number of rotatable bonds is 5. The fraction of sp³-hybridized carbons (Fsp3) is 0.750. The molecule has 2 N–H and O–H groups in total. The Labute approximate surface area is 117 Å². The van der Waals surface area contributed by atoms with Crippen molar-refractivity contribution in [1.82, 2.24) is 15.1 Å². The summed E-state index contributed by atoms with van der Waals surface area (Å²) in [6, 6.07) is -0.880. The zero-order valence-corrected chi connectivity index (χ0v) is 12.0. The Kier molecular flexibility index (Phi) is 5.75. The SMILES string of the molecule is CCN(C(=O)N(C)CC(=O)NC)C1COCC1C(=O)O. The normalized spacial score (nSPS) is 21.4. The first-order valence-corrected chi connectivity index (χ1v) is 6.45. The third-order valence-corrected chi connectivity index (χ3v) is 3.34. The van der Waals surface area contributed by atoms with Crippen molar-refractivity contribution in [2.24, 2.45) is 5.92 Å². The number of carboxylic acids is 1. The molecule has 1 heterocycles. The number of aliphatic carboxylic acids is 1. The Balaban J connectivity index is 2.76. The third kappa shape index (κ3) is 3.60. The van der Waals surface area contributed by atoms with Crippen molar-refractivity contribution in [2.75, 3.05) is 40.4 Å². The molecule has 0 aliphatic carbocycles. The summed E-state index contributed by atoms with van der Waals surface area (Å²) in [7, 11) is 3.00. The lowest BCUT2D eigenvalue weighted by molar-refractivity contribution is -0.143. The fourth-order valence-corrected chi connectivity index (χ4v) is 2.18. The van der Waals surface area contributed by atoms with Crippen LogP contribution in [0.15, 0.2) is 0 Å². The highest BCUT2D eigenvalue weighted by atomic mass is 16.5. The molecular weight excluding hydrogens is 266 g/mol. The van der Waals surface area contributed by atoms with Crippen LogP contribution in [0, 0.1) is 5.92 Å². The number of nitrogens with zero attached hydrogens (tertiary/aromatic N) is 2. The largest absolute Gasteiger partial charge is 0.481 e. The Morgan fingerprint density at radius 3 is 2.50 bits per heavy atom. The minimum Gasteiger partial charge on any atom is -0.481 e. The van der Waals surface area contributed by atoms with E-state index >= 15 is 0 Å². The van der Waals surface area contributed by atoms with Gasteiger partial charge in [0, 0.05) is 20.6 Å². The molecule has 0 spiro atoms. The second-order valence-electron chi connectivity index (χ2n) is 4.65. The predicted octanol–water partition coefficient (Wildman–Crippen LogP) is -0.794. The van der Waals surface area contributed by atoms with Crippen LogP contribution in [-0.2, 0) is 14.3 Å². The van der Waals surface area contributed by atoms with Crippen LogP contribution in [0.3, 0.4) is 0 Å². The number of amides is 3. The highest BCUT2D eigenvalue weighted by molar-refractivity contribution is 5.84. The smallest absolute Gasteiger partial charge is 0.320 e. The average molecular weight is 287 g/mol. The molecule has 2 atom stereocenters. The van der Waals surface area contributed by atoms with E-state index in [4.69, 9.17) is 9.84 Å². The summed E-state index contributed by atoms with van der Waals surface area (Å²) in [5.74, 6) is -1.99. The molecule has 0 aromatic rings. The number of ether oxygens (including phenoxy) is 1. The number of nitrogens with one attached hydrogen (secondary N) is 1. The monoisotopic (exact) mass is 287 g/mol. The van der Waals surface area contributed by atoms with Crippen molar-refractivity contribution in [1.29, 1.82) is 0 Å². The van der Waals surface area contributed by atoms with Crippen molar-refractivity contribution >= 4 is 17.9 Å². The Morgan fingerprint density at radius 2 is 2.00 bits per heavy atom. The first-order chi connectivity index (χ1) is 9.42. The molecule has 8 heteroatoms. The first-order valence-electron chi connectivity index (χ1n) is 6.45. The molecule has 8 nitrogen and oxygen atoms in total. The van der Waals surface area contributed by atoms with Crippen LogP contribution < -0.4 is 5.32 Å². The maximum atomic E-state index is 12.3. The van der Waals surface area contributed by atoms with Gasteiger partial charge >= 0.3 is 12.0 Å². The maximum absolute atomic E-state index is 12.3. The molecule has 1 fully saturated rings. The van der Waals surface area contributed by atoms with E-state index in [1.807, 2.05) is 0 Å². The van der Waals surface area contributed by atoms with E-state index in [0.29, 0.717) is 6.54 Å². The van der Waals surface area contributed by atoms with Crippen molar-refractivity contribution in [3.05, 3.63) is 0 Å². The Hall–Kier alpha value is -1.83. The van der Waals surface area contributed by atoms with Crippen LogP contribution in [0.5, 0.6) is 0 Å². The summed E-state index contributed by atoms with van der Waals surface area (Å²) in [5, 5.41) is 11.6. The predicted molar refractivity (Wildman–Crippen MR) is 70.2 cm³/mol. The Bertz CT molecular complexity index is 387. The number of likely N-dealkylation sites (N-methyl/N-ethyl adjacent to an activating group) is 3. The molecule has 3 amide bonds. The van der Waals surface area contributed by atoms with Gasteiger partial charge in [-0.15, -0.1) is 0 Å². The van der Waals surface area contributed by atoms with E-state index in [1.54, 1.807) is 6.92 Å². The van der Waals surface area contributed by atoms with Crippen LogP contribution in [0.2, 0.25) is 0 Å². The molecule has 0 radical (unpaired) electrons. The second kappa shape index (κ2) is 7.09. The molecule has 2 unspecified atom stereocenters. The van der Waals surface area contributed by atoms with E-state index in [9.17, 15) is 14.4 Å². The Morgan fingerprint density at radius 1 is 1.35 bits per heavy atom. The summed E-state index contributed by atoms with van der Waals surface area (Å²) < 4.78 is 5.17. The highest BCUT2D eigenvalue weighted by Crippen LogP contribution is 2.21. The van der Waals surface area contributed by atoms with Gasteiger partial charge in [0.25, 0.3) is 0 Å². The molecule has 20 heavy (non-hydrogen) atoms. The van der Waals surface area contributed by atoms with Gasteiger partial charge in [0.15, 0.2) is 0 Å². The number of carbonyl (C=O) groups is 3. The zero-order chi connectivity index (χ0) is 15.3. The third-order valence-electron chi connectivity index (χ3n) is 3.34. The van der Waals surface area contributed by atoms with Crippen LogP contribution in [0.1, 0.15) is 6.92 Å². The lowest BCUT2D eigenvalue weighted by Crippen LogP contribution is -2.52. The van der Waals surface area contributed by atoms with Crippen LogP contribution in [-0.4, -0.2) is 79.3 Å². The van der Waals surface area contributed by atoms with E-state index in [-0.39, 0.29) is 31.7 Å². The van der Waals surface area contributed by atoms with Crippen molar-refractivity contribution in [3.63, 3.8) is 0 Å². The maximum Gasteiger partial charge on any atom is 0.320 e. The molecule has 0 aromatic heterocycles. The molecule has 1 saturated heterocycles. The topological polar surface area (TPSA) is 99.2 Å². The van der Waals surface area contributed by atoms with Crippen molar-refractivity contribution in [3.8, 4) is 0 Å². The second-order valence-corrected chi connectivity index (χ2v) is 4.65. The van der Waals surface area contributed by atoms with Gasteiger partial charge in [0.05, 0.1) is 19.3 Å². The zero-order valence-electron chi connectivity index (χ0n) is 12.0. The van der Waals surface area contributed by atoms with E-state index in [0.717, 1.165) is 0 Å². The molecule has 0 bridgehead atoms. The molecule has 1 rings (SSSR count). The van der Waals surface area contributed by atoms with Crippen molar-refractivity contribution < 1.29 is 24.2 Å². The van der Waals surface area contributed by atoms with E-state index < -0.39 is 17.9 Å². The summed E-state index contributed by atoms with van der Waals surface area (Å²) in [6.07, 6.45) is 0. The summed E-state index contributed by atoms with van der Waals surface area (Å²) in [5.41, 5.74) is 0. The molecule has 0 aromatic carbocycles. The quantitative estimate of drug-likeness (QED) is 0.690. The van der Waals surface area contributed by atoms with E-state index in [1.165, 1.54) is 23.9 Å². The number of hydrogen-bond donors (Lipinski definition) is 2. The van der Waals surface area contributed by atoms with Crippen molar-refractivity contribution in [2.45, 2.75) is 13.0 Å². The fourth-order valence-electron chi connectivity index (χ4n) is 2.18. The number of carboxylic acid groups (broad SMARTS) is 1. The van der Waals surface area contributed by atoms with Gasteiger partial charge in [-0.3, -0.25) is 9.59 Å². The molecule has 0 saturated carbocycles. The van der Waals surface area contributed by atoms with Crippen LogP contribution in [0.25, 0.3) is 0 Å². The highest BCUT2D eigenvalue weighted by Gasteiger charge is 2.40. The molecule has 114 valence electrons. The van der Waals surface area contributed by atoms with Crippen LogP contribution >= 0.6 is 0 Å². The standard InChI is InChI=1S/C12H21N3O5/c1-4-15(9-7-20-6-8(9)11(17)18)12(19)14(3)5-10(16)13-2/h8-9H,4-7H2,1-3H3,(H,13,16)(H,17,18). The van der Waals surface area contributed by atoms with Gasteiger partial charge in [0.1, 0.15) is 12.5 Å². The van der Waals surface area contributed by atoms with Gasteiger partial charge < -0.3 is 25.0 Å². The summed E-state index contributed by atoms with van der Waals surface area (Å²) in [4.78, 5) is 37.4. The lowest BCUT2D eigenvalue weighted by atomic mass is 10.0. The lowest BCUT2D eigenvalue weighted by Gasteiger charge is -2.32. The van der Waals surface area contributed by atoms with Gasteiger partial charge in [0.2, 0.25) is 5.91 Å².